The van der Waals surface area contributed by atoms with Gasteiger partial charge < -0.3 is 65.0 Å². The monoisotopic (exact) mass is 919 g/mol. The minimum atomic E-state index is -1.33. The van der Waals surface area contributed by atoms with Gasteiger partial charge in [-0.1, -0.05) is 60.7 Å². The fraction of sp³-hybridized carbons (Fsp3) is 0.609. The van der Waals surface area contributed by atoms with Crippen molar-refractivity contribution >= 4 is 35.8 Å². The van der Waals surface area contributed by atoms with Crippen molar-refractivity contribution in [2.45, 2.75) is 68.3 Å². The average Bonchev–Trinajstić information content (AvgIpc) is 4.11. The molecule has 0 spiro atoms. The number of hydrogen-bond acceptors (Lipinski definition) is 16. The van der Waals surface area contributed by atoms with Gasteiger partial charge in [0, 0.05) is 64.2 Å². The molecule has 2 aromatic rings. The molecule has 5 saturated heterocycles. The van der Waals surface area contributed by atoms with Gasteiger partial charge in [-0.3, -0.25) is 24.5 Å². The number of carbonyl (C=O) groups excluding carboxylic acids is 6. The fourth-order valence-corrected chi connectivity index (χ4v) is 9.69. The van der Waals surface area contributed by atoms with Gasteiger partial charge in [-0.2, -0.15) is 0 Å². The first-order valence-corrected chi connectivity index (χ1v) is 22.9. The molecule has 0 saturated carbocycles. The molecule has 5 aliphatic rings. The van der Waals surface area contributed by atoms with Crippen molar-refractivity contribution in [3.63, 3.8) is 0 Å². The van der Waals surface area contributed by atoms with Crippen LogP contribution in [0.15, 0.2) is 60.7 Å². The summed E-state index contributed by atoms with van der Waals surface area (Å²) < 4.78 is 29.0. The Labute approximate surface area is 385 Å². The smallest absolute Gasteiger partial charge is 0.460 e. The molecule has 5 fully saturated rings. The van der Waals surface area contributed by atoms with E-state index in [1.165, 1.54) is 18.2 Å². The number of cyclic esters (lactones) is 3. The van der Waals surface area contributed by atoms with Gasteiger partial charge in [0.25, 0.3) is 5.91 Å². The predicted octanol–water partition coefficient (Wildman–Crippen LogP) is -1.68. The standard InChI is InChI=1S/C46H65N9O11/c1-29(48-2)42(57)50-35-27-65-46(61)66-28-40(56)64-26-34(51-43(58)41(47)49-3)44(59)54-24-38(32-20-52(22-36(32)54)16-14-30-10-6-4-7-11-30)62-18-19-63-39-25-55(45(35)60)37-23-53(21-33(37)39)17-15-31-12-8-5-9-13-31/h4-13,29,32-39,41,48-49H,14-28,47H2,1-3H3,(H,50,57)(H,51,58)/t29-,32-,33-,34-,35-,36+,37+,38+,39+,41+/m0/s1. The highest BCUT2D eigenvalue weighted by Gasteiger charge is 2.52. The van der Waals surface area contributed by atoms with Crippen LogP contribution in [0.3, 0.4) is 0 Å². The number of amides is 4. The van der Waals surface area contributed by atoms with Gasteiger partial charge in [0.05, 0.1) is 43.5 Å². The van der Waals surface area contributed by atoms with Crippen LogP contribution in [0.25, 0.3) is 0 Å². The fourth-order valence-electron chi connectivity index (χ4n) is 9.69. The second kappa shape index (κ2) is 23.0. The van der Waals surface area contributed by atoms with Crippen molar-refractivity contribution in [3.05, 3.63) is 71.8 Å². The Morgan fingerprint density at radius 3 is 1.62 bits per heavy atom. The van der Waals surface area contributed by atoms with Crippen LogP contribution < -0.4 is 27.0 Å². The van der Waals surface area contributed by atoms with Crippen LogP contribution in [-0.2, 0) is 60.5 Å². The summed E-state index contributed by atoms with van der Waals surface area (Å²) in [6.07, 6.45) is -1.55. The number of likely N-dealkylation sites (tertiary alicyclic amines) is 2. The van der Waals surface area contributed by atoms with Crippen LogP contribution in [0.4, 0.5) is 4.79 Å². The van der Waals surface area contributed by atoms with Gasteiger partial charge >= 0.3 is 12.1 Å². The number of esters is 1. The topological polar surface area (TPSA) is 236 Å². The number of nitrogens with zero attached hydrogens (tertiary/aromatic N) is 4. The Balaban J connectivity index is 1.12. The molecule has 4 amide bonds. The summed E-state index contributed by atoms with van der Waals surface area (Å²) in [5, 5.41) is 10.9. The molecule has 0 aromatic heterocycles. The maximum absolute atomic E-state index is 14.5. The van der Waals surface area contributed by atoms with Crippen LogP contribution >= 0.6 is 0 Å². The molecule has 0 unspecified atom stereocenters. The van der Waals surface area contributed by atoms with E-state index < -0.39 is 79.9 Å². The van der Waals surface area contributed by atoms with E-state index in [2.05, 4.69) is 55.3 Å². The van der Waals surface area contributed by atoms with E-state index in [9.17, 15) is 28.8 Å². The quantitative estimate of drug-likeness (QED) is 0.118. The van der Waals surface area contributed by atoms with Crippen LogP contribution in [-0.4, -0.2) is 203 Å². The third-order valence-corrected chi connectivity index (χ3v) is 13.5. The van der Waals surface area contributed by atoms with Crippen molar-refractivity contribution in [2.75, 3.05) is 99.5 Å². The number of carbonyl (C=O) groups is 6. The molecule has 5 heterocycles. The van der Waals surface area contributed by atoms with E-state index in [1.807, 2.05) is 36.4 Å². The molecule has 0 aliphatic carbocycles. The Morgan fingerprint density at radius 2 is 1.14 bits per heavy atom. The molecular formula is C46H65N9O11. The zero-order valence-corrected chi connectivity index (χ0v) is 38.0. The van der Waals surface area contributed by atoms with Gasteiger partial charge in [-0.15, -0.1) is 0 Å². The van der Waals surface area contributed by atoms with E-state index in [0.717, 1.165) is 25.9 Å². The van der Waals surface area contributed by atoms with E-state index in [-0.39, 0.29) is 62.4 Å². The van der Waals surface area contributed by atoms with Crippen LogP contribution in [0.2, 0.25) is 0 Å². The van der Waals surface area contributed by atoms with Crippen molar-refractivity contribution in [1.82, 2.24) is 40.9 Å². The van der Waals surface area contributed by atoms with Gasteiger partial charge in [0.1, 0.15) is 31.5 Å². The van der Waals surface area contributed by atoms with Gasteiger partial charge in [0.2, 0.25) is 17.7 Å². The summed E-state index contributed by atoms with van der Waals surface area (Å²) in [7, 11) is 3.10. The lowest BCUT2D eigenvalue weighted by molar-refractivity contribution is -0.152. The average molecular weight is 920 g/mol. The molecule has 6 N–H and O–H groups in total. The van der Waals surface area contributed by atoms with Crippen molar-refractivity contribution < 1.29 is 52.5 Å². The number of ether oxygens (including phenoxy) is 5. The van der Waals surface area contributed by atoms with Gasteiger partial charge in [-0.25, -0.2) is 9.59 Å². The van der Waals surface area contributed by atoms with E-state index in [1.54, 1.807) is 23.8 Å². The summed E-state index contributed by atoms with van der Waals surface area (Å²) >= 11 is 0. The highest BCUT2D eigenvalue weighted by molar-refractivity contribution is 5.91. The first-order valence-electron chi connectivity index (χ1n) is 22.9. The number of rotatable bonds is 12. The second-order valence-electron chi connectivity index (χ2n) is 17.7. The Bertz CT molecular complexity index is 1850. The van der Waals surface area contributed by atoms with Crippen LogP contribution in [0.1, 0.15) is 18.1 Å². The summed E-state index contributed by atoms with van der Waals surface area (Å²) in [6, 6.07) is 16.5. The van der Waals surface area contributed by atoms with E-state index >= 15 is 0 Å². The Kier molecular flexibility index (Phi) is 17.0. The number of fused-ring (bicyclic) bond motifs is 10. The molecule has 4 bridgehead atoms. The lowest BCUT2D eigenvalue weighted by Crippen LogP contribution is -2.58. The molecule has 0 radical (unpaired) electrons. The highest BCUT2D eigenvalue weighted by Crippen LogP contribution is 2.36. The van der Waals surface area contributed by atoms with E-state index in [4.69, 9.17) is 29.4 Å². The number of benzene rings is 2. The third kappa shape index (κ3) is 12.2. The predicted molar refractivity (Wildman–Crippen MR) is 238 cm³/mol. The normalized spacial score (nSPS) is 29.1. The summed E-state index contributed by atoms with van der Waals surface area (Å²) in [4.78, 5) is 89.2. The molecule has 360 valence electrons. The molecule has 5 aliphatic heterocycles. The largest absolute Gasteiger partial charge is 0.508 e. The molecule has 66 heavy (non-hydrogen) atoms. The molecule has 20 nitrogen and oxygen atoms in total. The zero-order chi connectivity index (χ0) is 46.7. The van der Waals surface area contributed by atoms with Gasteiger partial charge in [-0.05, 0) is 45.0 Å². The Hall–Kier alpha value is -5.22. The summed E-state index contributed by atoms with van der Waals surface area (Å²) in [5.41, 5.74) is 8.33. The maximum atomic E-state index is 14.5. The molecule has 10 atom stereocenters. The molecule has 7 rings (SSSR count). The van der Waals surface area contributed by atoms with Crippen molar-refractivity contribution in [3.8, 4) is 0 Å². The number of nitrogens with one attached hydrogen (secondary N) is 4. The van der Waals surface area contributed by atoms with Crippen molar-refractivity contribution in [1.29, 1.82) is 0 Å². The third-order valence-electron chi connectivity index (χ3n) is 13.5. The summed E-state index contributed by atoms with van der Waals surface area (Å²) in [6.45, 7) is 4.46. The van der Waals surface area contributed by atoms with E-state index in [0.29, 0.717) is 26.2 Å². The lowest BCUT2D eigenvalue weighted by atomic mass is 10.0. The lowest BCUT2D eigenvalue weighted by Gasteiger charge is -2.30. The summed E-state index contributed by atoms with van der Waals surface area (Å²) in [5.74, 6) is -3.27. The maximum Gasteiger partial charge on any atom is 0.508 e. The number of hydrogen-bond donors (Lipinski definition) is 5. The van der Waals surface area contributed by atoms with Crippen LogP contribution in [0, 0.1) is 11.8 Å². The SMILES string of the molecule is CN[C@@H](C)C(=O)N[C@H]1COC(=O)OCC(=O)OC[C@H](NC(=O)[C@H](N)NC)C(=O)N2C[C@@H](OCCO[C@@H]3CN(C1=O)[C@@H]1CN(CCc4ccccc4)C[C@@H]13)[C@H]1CN(CCc3ccccc3)C[C@H]12. The Morgan fingerprint density at radius 1 is 0.652 bits per heavy atom. The van der Waals surface area contributed by atoms with Crippen molar-refractivity contribution in [2.24, 2.45) is 17.6 Å². The second-order valence-corrected chi connectivity index (χ2v) is 17.7. The highest BCUT2D eigenvalue weighted by atomic mass is 16.7. The first kappa shape index (κ1) is 48.7. The molecular weight excluding hydrogens is 855 g/mol. The first-order chi connectivity index (χ1) is 31.9. The zero-order valence-electron chi connectivity index (χ0n) is 38.0. The van der Waals surface area contributed by atoms with Crippen LogP contribution in [0.5, 0.6) is 0 Å². The molecule has 20 heteroatoms. The van der Waals surface area contributed by atoms with Gasteiger partial charge in [0.15, 0.2) is 6.61 Å². The minimum absolute atomic E-state index is 0.0593. The molecule has 2 aromatic carbocycles. The minimum Gasteiger partial charge on any atom is -0.460 e. The number of nitrogens with two attached hydrogens (primary N) is 1. The number of likely N-dealkylation sites (N-methyl/N-ethyl adjacent to an activating group) is 2.